The number of oxime groups is 1. The summed E-state index contributed by atoms with van der Waals surface area (Å²) in [5, 5.41) is 13.3. The summed E-state index contributed by atoms with van der Waals surface area (Å²) in [5.41, 5.74) is 3.53. The molecule has 0 radical (unpaired) electrons. The van der Waals surface area contributed by atoms with Gasteiger partial charge in [-0.15, -0.1) is 0 Å². The number of ether oxygens (including phenoxy) is 2. The first kappa shape index (κ1) is 22.2. The average molecular weight is 467 g/mol. The molecule has 1 fully saturated rings. The van der Waals surface area contributed by atoms with E-state index in [9.17, 15) is 9.60 Å². The van der Waals surface area contributed by atoms with Crippen molar-refractivity contribution in [1.29, 1.82) is 0 Å². The number of benzene rings is 3. The molecule has 174 valence electrons. The van der Waals surface area contributed by atoms with Crippen LogP contribution in [0.5, 0.6) is 5.75 Å². The zero-order valence-corrected chi connectivity index (χ0v) is 18.7. The normalized spacial score (nSPS) is 16.6. The van der Waals surface area contributed by atoms with E-state index in [2.05, 4.69) is 5.16 Å². The van der Waals surface area contributed by atoms with Gasteiger partial charge in [0, 0.05) is 23.6 Å². The summed E-state index contributed by atoms with van der Waals surface area (Å²) in [6.07, 6.45) is 3.54. The van der Waals surface area contributed by atoms with Crippen LogP contribution in [0.15, 0.2) is 118 Å². The van der Waals surface area contributed by atoms with Crippen molar-refractivity contribution in [2.75, 3.05) is 0 Å². The maximum Gasteiger partial charge on any atom is 0.188 e. The standard InChI is InChI=1S/C29H22FNO4/c30-22-11-6-10-21(16-22)17-25(29-28(31-32)27(35-29)18-23-12-7-15-33-23)24-13-4-5-14-26(24)34-19-20-8-2-1-3-9-20/h1-16,18,32H,17,19H2/b27-18+,29-25+,31-28-. The summed E-state index contributed by atoms with van der Waals surface area (Å²) >= 11 is 0. The predicted octanol–water partition coefficient (Wildman–Crippen LogP) is 6.85. The number of rotatable bonds is 7. The fourth-order valence-electron chi connectivity index (χ4n) is 3.90. The van der Waals surface area contributed by atoms with Crippen molar-refractivity contribution in [1.82, 2.24) is 0 Å². The van der Waals surface area contributed by atoms with Crippen LogP contribution in [-0.2, 0) is 17.8 Å². The Morgan fingerprint density at radius 3 is 2.49 bits per heavy atom. The number of allylic oxidation sites excluding steroid dienone is 1. The maximum absolute atomic E-state index is 14.0. The molecule has 1 aliphatic rings. The third kappa shape index (κ3) is 5.01. The van der Waals surface area contributed by atoms with Gasteiger partial charge in [0.1, 0.15) is 23.9 Å². The summed E-state index contributed by atoms with van der Waals surface area (Å²) in [6.45, 7) is 0.381. The molecule has 2 heterocycles. The fourth-order valence-corrected chi connectivity index (χ4v) is 3.90. The monoisotopic (exact) mass is 467 g/mol. The molecule has 1 aliphatic heterocycles. The number of para-hydroxylation sites is 1. The molecule has 0 aliphatic carbocycles. The number of hydrogen-bond donors (Lipinski definition) is 1. The Balaban J connectivity index is 1.54. The molecule has 0 bridgehead atoms. The number of halogens is 1. The van der Waals surface area contributed by atoms with Gasteiger partial charge in [0.25, 0.3) is 0 Å². The Morgan fingerprint density at radius 1 is 0.914 bits per heavy atom. The molecule has 0 spiro atoms. The molecule has 4 aromatic rings. The lowest BCUT2D eigenvalue weighted by molar-refractivity contribution is 0.275. The first-order valence-corrected chi connectivity index (χ1v) is 11.1. The largest absolute Gasteiger partial charge is 0.488 e. The van der Waals surface area contributed by atoms with E-state index in [1.165, 1.54) is 12.1 Å². The molecule has 1 N–H and O–H groups in total. The molecule has 5 nitrogen and oxygen atoms in total. The molecule has 1 aromatic heterocycles. The van der Waals surface area contributed by atoms with Gasteiger partial charge >= 0.3 is 0 Å². The van der Waals surface area contributed by atoms with Crippen LogP contribution in [0.25, 0.3) is 11.6 Å². The maximum atomic E-state index is 14.0. The SMILES string of the molecule is O/N=C1C(=C\c2ccco2)/OC/1=C(\Cc1cccc(F)c1)c1ccccc1OCc1ccccc1. The molecule has 1 saturated heterocycles. The van der Waals surface area contributed by atoms with Crippen LogP contribution in [0, 0.1) is 5.82 Å². The Labute approximate surface area is 202 Å². The van der Waals surface area contributed by atoms with E-state index in [-0.39, 0.29) is 11.5 Å². The van der Waals surface area contributed by atoms with Crippen molar-refractivity contribution in [2.24, 2.45) is 5.16 Å². The van der Waals surface area contributed by atoms with Gasteiger partial charge in [0.05, 0.1) is 6.26 Å². The zero-order valence-electron chi connectivity index (χ0n) is 18.7. The van der Waals surface area contributed by atoms with Crippen molar-refractivity contribution in [3.63, 3.8) is 0 Å². The van der Waals surface area contributed by atoms with Crippen molar-refractivity contribution >= 4 is 17.4 Å². The van der Waals surface area contributed by atoms with E-state index in [0.29, 0.717) is 41.6 Å². The van der Waals surface area contributed by atoms with Gasteiger partial charge in [-0.2, -0.15) is 0 Å². The van der Waals surface area contributed by atoms with E-state index >= 15 is 0 Å². The van der Waals surface area contributed by atoms with Crippen molar-refractivity contribution < 1.29 is 23.5 Å². The minimum atomic E-state index is -0.329. The van der Waals surface area contributed by atoms with E-state index in [1.54, 1.807) is 30.5 Å². The lowest BCUT2D eigenvalue weighted by Crippen LogP contribution is -2.25. The van der Waals surface area contributed by atoms with E-state index in [4.69, 9.17) is 13.9 Å². The highest BCUT2D eigenvalue weighted by atomic mass is 19.1. The highest BCUT2D eigenvalue weighted by Crippen LogP contribution is 2.39. The van der Waals surface area contributed by atoms with Gasteiger partial charge in [-0.25, -0.2) is 4.39 Å². The third-order valence-corrected chi connectivity index (χ3v) is 5.57. The molecule has 0 atom stereocenters. The summed E-state index contributed by atoms with van der Waals surface area (Å²) in [4.78, 5) is 0. The highest BCUT2D eigenvalue weighted by Gasteiger charge is 2.34. The molecule has 6 heteroatoms. The summed E-state index contributed by atoms with van der Waals surface area (Å²) in [7, 11) is 0. The van der Waals surface area contributed by atoms with Crippen LogP contribution >= 0.6 is 0 Å². The minimum absolute atomic E-state index is 0.283. The van der Waals surface area contributed by atoms with Gasteiger partial charge < -0.3 is 19.1 Å². The van der Waals surface area contributed by atoms with Crippen LogP contribution in [0.4, 0.5) is 4.39 Å². The van der Waals surface area contributed by atoms with Crippen LogP contribution in [-0.4, -0.2) is 10.9 Å². The molecular weight excluding hydrogens is 445 g/mol. The van der Waals surface area contributed by atoms with Crippen LogP contribution in [0.2, 0.25) is 0 Å². The smallest absolute Gasteiger partial charge is 0.188 e. The van der Waals surface area contributed by atoms with Crippen molar-refractivity contribution in [2.45, 2.75) is 13.0 Å². The molecule has 35 heavy (non-hydrogen) atoms. The zero-order chi connectivity index (χ0) is 24.0. The molecule has 0 unspecified atom stereocenters. The Kier molecular flexibility index (Phi) is 6.44. The molecule has 3 aromatic carbocycles. The van der Waals surface area contributed by atoms with E-state index < -0.39 is 0 Å². The van der Waals surface area contributed by atoms with Crippen molar-refractivity contribution in [3.05, 3.63) is 137 Å². The first-order chi connectivity index (χ1) is 17.2. The van der Waals surface area contributed by atoms with E-state index in [1.807, 2.05) is 60.7 Å². The second kappa shape index (κ2) is 10.1. The number of furan rings is 1. The van der Waals surface area contributed by atoms with Crippen LogP contribution < -0.4 is 4.74 Å². The highest BCUT2D eigenvalue weighted by molar-refractivity contribution is 6.21. The summed E-state index contributed by atoms with van der Waals surface area (Å²) in [6, 6.07) is 27.3. The minimum Gasteiger partial charge on any atom is -0.488 e. The molecular formula is C29H22FNO4. The van der Waals surface area contributed by atoms with Gasteiger partial charge in [0.15, 0.2) is 17.2 Å². The van der Waals surface area contributed by atoms with E-state index in [0.717, 1.165) is 16.7 Å². The quantitative estimate of drug-likeness (QED) is 0.238. The summed E-state index contributed by atoms with van der Waals surface area (Å²) in [5.74, 6) is 1.64. The molecule has 0 amide bonds. The second-order valence-electron chi connectivity index (χ2n) is 7.96. The number of hydrogen-bond acceptors (Lipinski definition) is 5. The Hall–Kier alpha value is -4.58. The fraction of sp³-hybridized carbons (Fsp3) is 0.0690. The van der Waals surface area contributed by atoms with Gasteiger partial charge in [0.2, 0.25) is 0 Å². The van der Waals surface area contributed by atoms with Crippen molar-refractivity contribution in [3.8, 4) is 5.75 Å². The Bertz CT molecular complexity index is 1410. The summed E-state index contributed by atoms with van der Waals surface area (Å²) < 4.78 is 31.5. The van der Waals surface area contributed by atoms with Crippen LogP contribution in [0.3, 0.4) is 0 Å². The topological polar surface area (TPSA) is 64.2 Å². The first-order valence-electron chi connectivity index (χ1n) is 11.1. The van der Waals surface area contributed by atoms with Gasteiger partial charge in [-0.05, 0) is 41.5 Å². The van der Waals surface area contributed by atoms with Gasteiger partial charge in [-0.1, -0.05) is 65.8 Å². The molecule has 0 saturated carbocycles. The molecule has 5 rings (SSSR count). The second-order valence-corrected chi connectivity index (χ2v) is 7.96. The third-order valence-electron chi connectivity index (χ3n) is 5.57. The Morgan fingerprint density at radius 2 is 1.71 bits per heavy atom. The predicted molar refractivity (Wildman–Crippen MR) is 131 cm³/mol. The lowest BCUT2D eigenvalue weighted by atomic mass is 9.92. The van der Waals surface area contributed by atoms with Gasteiger partial charge in [-0.3, -0.25) is 0 Å². The van der Waals surface area contributed by atoms with Crippen LogP contribution in [0.1, 0.15) is 22.5 Å². The number of nitrogens with zero attached hydrogens (tertiary/aromatic N) is 1. The average Bonchev–Trinajstić information content (AvgIpc) is 3.39. The lowest BCUT2D eigenvalue weighted by Gasteiger charge is -2.28.